The Morgan fingerprint density at radius 3 is 2.62 bits per heavy atom. The minimum Gasteiger partial charge on any atom is -0.465 e. The third-order valence-corrected chi connectivity index (χ3v) is 5.38. The van der Waals surface area contributed by atoms with Crippen molar-refractivity contribution in [1.29, 1.82) is 0 Å². The third kappa shape index (κ3) is 3.41. The van der Waals surface area contributed by atoms with E-state index >= 15 is 0 Å². The molecule has 1 saturated carbocycles. The van der Waals surface area contributed by atoms with Gasteiger partial charge in [-0.15, -0.1) is 0 Å². The molecule has 2 fully saturated rings. The average molecular weight is 327 g/mol. The number of nitrogens with zero attached hydrogens (tertiary/aromatic N) is 1. The van der Waals surface area contributed by atoms with Gasteiger partial charge >= 0.3 is 5.97 Å². The topological polar surface area (TPSA) is 29.5 Å². The first-order valence-corrected chi connectivity index (χ1v) is 8.99. The maximum atomic E-state index is 12.4. The van der Waals surface area contributed by atoms with E-state index in [4.69, 9.17) is 4.74 Å². The second-order valence-corrected chi connectivity index (χ2v) is 8.17. The summed E-state index contributed by atoms with van der Waals surface area (Å²) in [4.78, 5) is 14.7. The smallest absolute Gasteiger partial charge is 0.313 e. The van der Waals surface area contributed by atoms with Crippen molar-refractivity contribution in [3.05, 3.63) is 47.5 Å². The standard InChI is InChI=1S/C21H29NO2/c1-15(2)12-22(4)13-18-7-5-17(6-8-18)11-21-10-16(3)9-19(21)14-24-20(21)23/h5-8,15,19H,3,9-14H2,1-2,4H3. The number of benzene rings is 1. The van der Waals surface area contributed by atoms with Crippen LogP contribution in [0.2, 0.25) is 0 Å². The molecule has 24 heavy (non-hydrogen) atoms. The molecule has 0 bridgehead atoms. The van der Waals surface area contributed by atoms with Gasteiger partial charge in [-0.05, 0) is 43.4 Å². The third-order valence-electron chi connectivity index (χ3n) is 5.38. The number of carbonyl (C=O) groups is 1. The van der Waals surface area contributed by atoms with Crippen molar-refractivity contribution in [2.75, 3.05) is 20.2 Å². The highest BCUT2D eigenvalue weighted by Crippen LogP contribution is 2.52. The lowest BCUT2D eigenvalue weighted by Crippen LogP contribution is -2.31. The van der Waals surface area contributed by atoms with E-state index in [1.165, 1.54) is 16.7 Å². The van der Waals surface area contributed by atoms with Gasteiger partial charge in [-0.25, -0.2) is 0 Å². The highest BCUT2D eigenvalue weighted by Gasteiger charge is 2.55. The lowest BCUT2D eigenvalue weighted by molar-refractivity contribution is -0.146. The van der Waals surface area contributed by atoms with Crippen LogP contribution in [0.5, 0.6) is 0 Å². The maximum absolute atomic E-state index is 12.4. The highest BCUT2D eigenvalue weighted by molar-refractivity contribution is 5.81. The highest BCUT2D eigenvalue weighted by atomic mass is 16.5. The van der Waals surface area contributed by atoms with E-state index in [0.29, 0.717) is 18.4 Å². The first-order valence-electron chi connectivity index (χ1n) is 8.99. The molecule has 1 saturated heterocycles. The second kappa shape index (κ2) is 6.72. The lowest BCUT2D eigenvalue weighted by Gasteiger charge is -2.24. The Morgan fingerprint density at radius 2 is 1.96 bits per heavy atom. The average Bonchev–Trinajstić information content (AvgIpc) is 2.96. The number of carbonyl (C=O) groups excluding carboxylic acids is 1. The number of esters is 1. The van der Waals surface area contributed by atoms with Gasteiger partial charge in [0.2, 0.25) is 0 Å². The van der Waals surface area contributed by atoms with Crippen LogP contribution in [-0.2, 0) is 22.5 Å². The number of fused-ring (bicyclic) bond motifs is 1. The van der Waals surface area contributed by atoms with Crippen LogP contribution >= 0.6 is 0 Å². The van der Waals surface area contributed by atoms with Gasteiger partial charge in [0, 0.05) is 19.0 Å². The Morgan fingerprint density at radius 1 is 1.29 bits per heavy atom. The summed E-state index contributed by atoms with van der Waals surface area (Å²) in [6.07, 6.45) is 2.50. The Labute approximate surface area is 145 Å². The molecule has 1 aromatic carbocycles. The van der Waals surface area contributed by atoms with Crippen LogP contribution in [0.4, 0.5) is 0 Å². The molecule has 0 aromatic heterocycles. The minimum atomic E-state index is -0.354. The zero-order chi connectivity index (χ0) is 17.3. The molecule has 1 aromatic rings. The molecule has 0 radical (unpaired) electrons. The number of rotatable bonds is 6. The molecule has 1 aliphatic carbocycles. The van der Waals surface area contributed by atoms with E-state index in [0.717, 1.165) is 32.4 Å². The molecular formula is C21H29NO2. The van der Waals surface area contributed by atoms with Gasteiger partial charge in [-0.2, -0.15) is 0 Å². The van der Waals surface area contributed by atoms with Crippen LogP contribution in [0.15, 0.2) is 36.4 Å². The van der Waals surface area contributed by atoms with Gasteiger partial charge in [0.15, 0.2) is 0 Å². The van der Waals surface area contributed by atoms with Crippen LogP contribution in [0, 0.1) is 17.3 Å². The SMILES string of the molecule is C=C1CC2COC(=O)C2(Cc2ccc(CN(C)CC(C)C)cc2)C1. The monoisotopic (exact) mass is 327 g/mol. The Kier molecular flexibility index (Phi) is 4.82. The van der Waals surface area contributed by atoms with Crippen molar-refractivity contribution in [2.45, 2.75) is 39.7 Å². The fraction of sp³-hybridized carbons (Fsp3) is 0.571. The Bertz CT molecular complexity index is 619. The largest absolute Gasteiger partial charge is 0.465 e. The van der Waals surface area contributed by atoms with E-state index in [1.807, 2.05) is 0 Å². The molecule has 3 nitrogen and oxygen atoms in total. The fourth-order valence-corrected chi connectivity index (χ4v) is 4.39. The molecule has 0 amide bonds. The van der Waals surface area contributed by atoms with Crippen LogP contribution in [-0.4, -0.2) is 31.1 Å². The van der Waals surface area contributed by atoms with E-state index in [2.05, 4.69) is 56.6 Å². The van der Waals surface area contributed by atoms with Crippen molar-refractivity contribution in [1.82, 2.24) is 4.90 Å². The number of hydrogen-bond acceptors (Lipinski definition) is 3. The van der Waals surface area contributed by atoms with Gasteiger partial charge in [0.05, 0.1) is 12.0 Å². The molecule has 130 valence electrons. The summed E-state index contributed by atoms with van der Waals surface area (Å²) < 4.78 is 5.37. The van der Waals surface area contributed by atoms with E-state index in [9.17, 15) is 4.79 Å². The molecule has 1 heterocycles. The van der Waals surface area contributed by atoms with E-state index in [1.54, 1.807) is 0 Å². The first-order chi connectivity index (χ1) is 11.4. The Hall–Kier alpha value is -1.61. The quantitative estimate of drug-likeness (QED) is 0.587. The van der Waals surface area contributed by atoms with E-state index < -0.39 is 0 Å². The van der Waals surface area contributed by atoms with Crippen LogP contribution in [0.1, 0.15) is 37.8 Å². The number of cyclic esters (lactones) is 1. The van der Waals surface area contributed by atoms with Crippen molar-refractivity contribution in [2.24, 2.45) is 17.3 Å². The van der Waals surface area contributed by atoms with Crippen LogP contribution in [0.25, 0.3) is 0 Å². The number of hydrogen-bond donors (Lipinski definition) is 0. The van der Waals surface area contributed by atoms with Gasteiger partial charge in [0.1, 0.15) is 0 Å². The normalized spacial score (nSPS) is 26.3. The lowest BCUT2D eigenvalue weighted by atomic mass is 9.75. The Balaban J connectivity index is 1.68. The summed E-state index contributed by atoms with van der Waals surface area (Å²) >= 11 is 0. The predicted octanol–water partition coefficient (Wildman–Crippen LogP) is 3.83. The number of allylic oxidation sites excluding steroid dienone is 1. The van der Waals surface area contributed by atoms with Crippen molar-refractivity contribution in [3.8, 4) is 0 Å². The van der Waals surface area contributed by atoms with Gasteiger partial charge in [0.25, 0.3) is 0 Å². The molecule has 2 atom stereocenters. The summed E-state index contributed by atoms with van der Waals surface area (Å²) in [6.45, 7) is 11.2. The molecule has 2 unspecified atom stereocenters. The molecular weight excluding hydrogens is 298 g/mol. The maximum Gasteiger partial charge on any atom is 0.313 e. The van der Waals surface area contributed by atoms with Crippen molar-refractivity contribution < 1.29 is 9.53 Å². The molecule has 0 spiro atoms. The fourth-order valence-electron chi connectivity index (χ4n) is 4.39. The van der Waals surface area contributed by atoms with Gasteiger partial charge in [-0.1, -0.05) is 50.3 Å². The molecule has 3 rings (SSSR count). The summed E-state index contributed by atoms with van der Waals surface area (Å²) in [7, 11) is 2.16. The summed E-state index contributed by atoms with van der Waals surface area (Å²) in [6, 6.07) is 8.75. The zero-order valence-electron chi connectivity index (χ0n) is 15.2. The molecule has 3 heteroatoms. The molecule has 2 aliphatic rings. The van der Waals surface area contributed by atoms with Crippen molar-refractivity contribution >= 4 is 5.97 Å². The van der Waals surface area contributed by atoms with Gasteiger partial charge < -0.3 is 9.64 Å². The summed E-state index contributed by atoms with van der Waals surface area (Å²) in [5.41, 5.74) is 3.39. The second-order valence-electron chi connectivity index (χ2n) is 8.17. The number of ether oxygens (including phenoxy) is 1. The predicted molar refractivity (Wildman–Crippen MR) is 96.6 cm³/mol. The minimum absolute atomic E-state index is 0.0214. The summed E-state index contributed by atoms with van der Waals surface area (Å²) in [5, 5.41) is 0. The van der Waals surface area contributed by atoms with Crippen LogP contribution < -0.4 is 0 Å². The van der Waals surface area contributed by atoms with Gasteiger partial charge in [-0.3, -0.25) is 4.79 Å². The van der Waals surface area contributed by atoms with Crippen molar-refractivity contribution in [3.63, 3.8) is 0 Å². The zero-order valence-corrected chi connectivity index (χ0v) is 15.2. The first kappa shape index (κ1) is 17.2. The molecule has 1 aliphatic heterocycles. The van der Waals surface area contributed by atoms with E-state index in [-0.39, 0.29) is 11.4 Å². The molecule has 0 N–H and O–H groups in total. The van der Waals surface area contributed by atoms with Crippen LogP contribution in [0.3, 0.4) is 0 Å². The summed E-state index contributed by atoms with van der Waals surface area (Å²) in [5.74, 6) is 0.968.